The number of benzene rings is 1. The van der Waals surface area contributed by atoms with Crippen molar-refractivity contribution in [1.29, 1.82) is 0 Å². The second-order valence-electron chi connectivity index (χ2n) is 6.29. The second kappa shape index (κ2) is 9.02. The van der Waals surface area contributed by atoms with Crippen LogP contribution in [0.5, 0.6) is 5.75 Å². The first-order valence-electron chi connectivity index (χ1n) is 9.11. The van der Waals surface area contributed by atoms with Crippen LogP contribution in [-0.4, -0.2) is 59.4 Å². The number of aromatic nitrogens is 1. The predicted molar refractivity (Wildman–Crippen MR) is 102 cm³/mol. The van der Waals surface area contributed by atoms with Gasteiger partial charge in [-0.2, -0.15) is 0 Å². The lowest BCUT2D eigenvalue weighted by Gasteiger charge is -2.34. The minimum Gasteiger partial charge on any atom is -0.489 e. The molecule has 0 bridgehead atoms. The predicted octanol–water partition coefficient (Wildman–Crippen LogP) is 2.15. The number of nitrogens with zero attached hydrogens (tertiary/aromatic N) is 3. The Bertz CT molecular complexity index is 774. The van der Waals surface area contributed by atoms with Gasteiger partial charge >= 0.3 is 6.03 Å². The highest BCUT2D eigenvalue weighted by molar-refractivity contribution is 5.94. The molecule has 0 saturated carbocycles. The maximum atomic E-state index is 12.8. The van der Waals surface area contributed by atoms with Crippen molar-refractivity contribution in [3.63, 3.8) is 0 Å². The standard InChI is InChI=1S/C20H24N4O3/c1-2-22-20(26)24-11-9-23(10-12-24)19(25)17-6-3-7-18(13-17)27-15-16-5-4-8-21-14-16/h3-8,13-14H,2,9-12,15H2,1H3,(H,22,26). The van der Waals surface area contributed by atoms with E-state index >= 15 is 0 Å². The number of carbonyl (C=O) groups is 2. The SMILES string of the molecule is CCNC(=O)N1CCN(C(=O)c2cccc(OCc3cccnc3)c2)CC1. The molecule has 7 nitrogen and oxygen atoms in total. The Morgan fingerprint density at radius 2 is 1.89 bits per heavy atom. The van der Waals surface area contributed by atoms with Crippen LogP contribution in [0.1, 0.15) is 22.8 Å². The Kier molecular flexibility index (Phi) is 6.25. The molecule has 1 N–H and O–H groups in total. The van der Waals surface area contributed by atoms with Crippen molar-refractivity contribution in [3.8, 4) is 5.75 Å². The van der Waals surface area contributed by atoms with Crippen molar-refractivity contribution in [2.24, 2.45) is 0 Å². The second-order valence-corrected chi connectivity index (χ2v) is 6.29. The zero-order valence-electron chi connectivity index (χ0n) is 15.4. The van der Waals surface area contributed by atoms with E-state index in [0.717, 1.165) is 5.56 Å². The number of nitrogens with one attached hydrogen (secondary N) is 1. The van der Waals surface area contributed by atoms with E-state index in [1.165, 1.54) is 0 Å². The topological polar surface area (TPSA) is 74.8 Å². The van der Waals surface area contributed by atoms with Gasteiger partial charge in [0.1, 0.15) is 12.4 Å². The van der Waals surface area contributed by atoms with Crippen LogP contribution in [0, 0.1) is 0 Å². The van der Waals surface area contributed by atoms with Gasteiger partial charge in [0.25, 0.3) is 5.91 Å². The van der Waals surface area contributed by atoms with Crippen molar-refractivity contribution >= 4 is 11.9 Å². The molecule has 1 fully saturated rings. The lowest BCUT2D eigenvalue weighted by atomic mass is 10.1. The van der Waals surface area contributed by atoms with E-state index in [4.69, 9.17) is 4.74 Å². The number of carbonyl (C=O) groups excluding carboxylic acids is 2. The van der Waals surface area contributed by atoms with Gasteiger partial charge in [-0.25, -0.2) is 4.79 Å². The van der Waals surface area contributed by atoms with Gasteiger partial charge in [-0.15, -0.1) is 0 Å². The first kappa shape index (κ1) is 18.7. The molecule has 1 aromatic heterocycles. The third-order valence-corrected chi connectivity index (χ3v) is 4.39. The third-order valence-electron chi connectivity index (χ3n) is 4.39. The van der Waals surface area contributed by atoms with Crippen LogP contribution in [0.2, 0.25) is 0 Å². The van der Waals surface area contributed by atoms with Crippen LogP contribution in [-0.2, 0) is 6.61 Å². The summed E-state index contributed by atoms with van der Waals surface area (Å²) in [5.41, 5.74) is 1.56. The molecule has 7 heteroatoms. The van der Waals surface area contributed by atoms with Gasteiger partial charge in [0.2, 0.25) is 0 Å². The highest BCUT2D eigenvalue weighted by atomic mass is 16.5. The molecule has 0 aliphatic carbocycles. The summed E-state index contributed by atoms with van der Waals surface area (Å²) < 4.78 is 5.77. The minimum absolute atomic E-state index is 0.0441. The molecule has 3 rings (SSSR count). The van der Waals surface area contributed by atoms with Crippen LogP contribution in [0.15, 0.2) is 48.8 Å². The van der Waals surface area contributed by atoms with Gasteiger partial charge in [0.15, 0.2) is 0 Å². The lowest BCUT2D eigenvalue weighted by Crippen LogP contribution is -2.53. The van der Waals surface area contributed by atoms with Gasteiger partial charge in [-0.1, -0.05) is 12.1 Å². The highest BCUT2D eigenvalue weighted by Gasteiger charge is 2.24. The van der Waals surface area contributed by atoms with Crippen LogP contribution in [0.3, 0.4) is 0 Å². The largest absolute Gasteiger partial charge is 0.489 e. The summed E-state index contributed by atoms with van der Waals surface area (Å²) in [7, 11) is 0. The fourth-order valence-corrected chi connectivity index (χ4v) is 2.93. The summed E-state index contributed by atoms with van der Waals surface area (Å²) in [4.78, 5) is 32.2. The monoisotopic (exact) mass is 368 g/mol. The number of amides is 3. The summed E-state index contributed by atoms with van der Waals surface area (Å²) >= 11 is 0. The number of rotatable bonds is 5. The molecule has 1 aliphatic heterocycles. The van der Waals surface area contributed by atoms with E-state index < -0.39 is 0 Å². The summed E-state index contributed by atoms with van der Waals surface area (Å²) in [6.07, 6.45) is 3.47. The van der Waals surface area contributed by atoms with E-state index in [0.29, 0.717) is 50.6 Å². The van der Waals surface area contributed by atoms with Gasteiger partial charge in [-0.3, -0.25) is 9.78 Å². The lowest BCUT2D eigenvalue weighted by molar-refractivity contribution is 0.0665. The molecule has 1 saturated heterocycles. The maximum absolute atomic E-state index is 12.8. The maximum Gasteiger partial charge on any atom is 0.317 e. The number of piperazine rings is 1. The molecule has 0 atom stereocenters. The first-order valence-corrected chi connectivity index (χ1v) is 9.11. The molecule has 1 aromatic carbocycles. The van der Waals surface area contributed by atoms with Crippen molar-refractivity contribution < 1.29 is 14.3 Å². The zero-order valence-corrected chi connectivity index (χ0v) is 15.4. The van der Waals surface area contributed by atoms with Gasteiger partial charge in [-0.05, 0) is 31.2 Å². The molecular formula is C20H24N4O3. The average Bonchev–Trinajstić information content (AvgIpc) is 2.73. The first-order chi connectivity index (χ1) is 13.2. The minimum atomic E-state index is -0.0737. The van der Waals surface area contributed by atoms with Crippen molar-refractivity contribution in [2.45, 2.75) is 13.5 Å². The quantitative estimate of drug-likeness (QED) is 0.878. The summed E-state index contributed by atoms with van der Waals surface area (Å²) in [6.45, 7) is 5.01. The fraction of sp³-hybridized carbons (Fsp3) is 0.350. The van der Waals surface area contributed by atoms with Crippen LogP contribution < -0.4 is 10.1 Å². The zero-order chi connectivity index (χ0) is 19.1. The van der Waals surface area contributed by atoms with Gasteiger partial charge < -0.3 is 19.9 Å². The van der Waals surface area contributed by atoms with Crippen LogP contribution in [0.25, 0.3) is 0 Å². The Morgan fingerprint density at radius 3 is 2.59 bits per heavy atom. The number of hydrogen-bond acceptors (Lipinski definition) is 4. The van der Waals surface area contributed by atoms with E-state index in [-0.39, 0.29) is 11.9 Å². The molecule has 27 heavy (non-hydrogen) atoms. The molecule has 0 unspecified atom stereocenters. The molecule has 3 amide bonds. The smallest absolute Gasteiger partial charge is 0.317 e. The van der Waals surface area contributed by atoms with E-state index in [9.17, 15) is 9.59 Å². The van der Waals surface area contributed by atoms with Crippen LogP contribution >= 0.6 is 0 Å². The molecule has 142 valence electrons. The van der Waals surface area contributed by atoms with E-state index in [1.54, 1.807) is 34.3 Å². The van der Waals surface area contributed by atoms with E-state index in [1.807, 2.05) is 31.2 Å². The number of pyridine rings is 1. The number of urea groups is 1. The Labute approximate surface area is 158 Å². The Morgan fingerprint density at radius 1 is 1.11 bits per heavy atom. The van der Waals surface area contributed by atoms with Gasteiger partial charge in [0, 0.05) is 56.2 Å². The van der Waals surface area contributed by atoms with Gasteiger partial charge in [0.05, 0.1) is 0 Å². The molecule has 0 spiro atoms. The normalized spacial score (nSPS) is 14.0. The third kappa shape index (κ3) is 4.97. The van der Waals surface area contributed by atoms with Crippen LogP contribution in [0.4, 0.5) is 4.79 Å². The number of ether oxygens (including phenoxy) is 1. The number of hydrogen-bond donors (Lipinski definition) is 1. The summed E-state index contributed by atoms with van der Waals surface area (Å²) in [6, 6.07) is 10.9. The summed E-state index contributed by atoms with van der Waals surface area (Å²) in [5, 5.41) is 2.79. The highest BCUT2D eigenvalue weighted by Crippen LogP contribution is 2.17. The van der Waals surface area contributed by atoms with Crippen molar-refractivity contribution in [2.75, 3.05) is 32.7 Å². The van der Waals surface area contributed by atoms with Crippen molar-refractivity contribution in [1.82, 2.24) is 20.1 Å². The van der Waals surface area contributed by atoms with E-state index in [2.05, 4.69) is 10.3 Å². The Hall–Kier alpha value is -3.09. The molecule has 1 aliphatic rings. The summed E-state index contributed by atoms with van der Waals surface area (Å²) in [5.74, 6) is 0.600. The fourth-order valence-electron chi connectivity index (χ4n) is 2.93. The van der Waals surface area contributed by atoms with Crippen molar-refractivity contribution in [3.05, 3.63) is 59.9 Å². The molecule has 2 aromatic rings. The molecule has 2 heterocycles. The molecular weight excluding hydrogens is 344 g/mol. The Balaban J connectivity index is 1.57. The average molecular weight is 368 g/mol. The molecule has 0 radical (unpaired) electrons.